The molecule has 5 nitrogen and oxygen atoms in total. The lowest BCUT2D eigenvalue weighted by atomic mass is 10.2. The van der Waals surface area contributed by atoms with Crippen LogP contribution in [-0.4, -0.2) is 26.3 Å². The van der Waals surface area contributed by atoms with Crippen LogP contribution in [-0.2, 0) is 6.54 Å². The zero-order chi connectivity index (χ0) is 18.0. The molecular formula is C17H17FN4OS2. The van der Waals surface area contributed by atoms with Crippen LogP contribution < -0.4 is 5.73 Å². The second-order valence-electron chi connectivity index (χ2n) is 5.62. The van der Waals surface area contributed by atoms with E-state index in [2.05, 4.69) is 14.8 Å². The van der Waals surface area contributed by atoms with Gasteiger partial charge < -0.3 is 10.3 Å². The van der Waals surface area contributed by atoms with Gasteiger partial charge in [-0.25, -0.2) is 4.39 Å². The molecule has 8 heteroatoms. The van der Waals surface area contributed by atoms with Gasteiger partial charge in [0, 0.05) is 23.5 Å². The number of nitrogens with two attached hydrogens (primary N) is 1. The van der Waals surface area contributed by atoms with Crippen molar-refractivity contribution >= 4 is 34.0 Å². The fraction of sp³-hybridized carbons (Fsp3) is 0.235. The van der Waals surface area contributed by atoms with Gasteiger partial charge in [0.2, 0.25) is 5.13 Å². The number of benzene rings is 1. The normalized spacial score (nSPS) is 11.0. The summed E-state index contributed by atoms with van der Waals surface area (Å²) in [6, 6.07) is 8.30. The summed E-state index contributed by atoms with van der Waals surface area (Å²) in [5.74, 6) is 0.0716. The topological polar surface area (TPSA) is 73.8 Å². The number of carbonyl (C=O) groups excluding carboxylic acids is 1. The number of carbonyl (C=O) groups is 1. The predicted molar refractivity (Wildman–Crippen MR) is 98.8 cm³/mol. The Kier molecular flexibility index (Phi) is 5.19. The maximum Gasteiger partial charge on any atom is 0.203 e. The molecule has 0 spiro atoms. The highest BCUT2D eigenvalue weighted by molar-refractivity contribution is 8.01. The first kappa shape index (κ1) is 17.6. The van der Waals surface area contributed by atoms with Crippen molar-refractivity contribution < 1.29 is 9.18 Å². The maximum atomic E-state index is 13.0. The minimum absolute atomic E-state index is 0.0391. The monoisotopic (exact) mass is 376 g/mol. The average molecular weight is 376 g/mol. The number of hydrogen-bond acceptors (Lipinski definition) is 6. The van der Waals surface area contributed by atoms with Crippen LogP contribution in [0, 0.1) is 19.7 Å². The number of ketones is 1. The lowest BCUT2D eigenvalue weighted by Crippen LogP contribution is -2.07. The van der Waals surface area contributed by atoms with Crippen molar-refractivity contribution in [3.63, 3.8) is 0 Å². The Morgan fingerprint density at radius 1 is 1.28 bits per heavy atom. The lowest BCUT2D eigenvalue weighted by Gasteiger charge is -2.10. The molecular weight excluding hydrogens is 359 g/mol. The molecule has 0 radical (unpaired) electrons. The molecule has 0 saturated carbocycles. The Morgan fingerprint density at radius 3 is 2.64 bits per heavy atom. The van der Waals surface area contributed by atoms with Crippen LogP contribution in [0.1, 0.15) is 27.3 Å². The molecule has 0 saturated heterocycles. The van der Waals surface area contributed by atoms with Crippen LogP contribution in [0.3, 0.4) is 0 Å². The van der Waals surface area contributed by atoms with Crippen LogP contribution in [0.2, 0.25) is 0 Å². The first-order valence-electron chi connectivity index (χ1n) is 7.60. The first-order chi connectivity index (χ1) is 11.9. The van der Waals surface area contributed by atoms with Crippen molar-refractivity contribution in [2.75, 3.05) is 11.5 Å². The Bertz CT molecular complexity index is 902. The molecule has 0 atom stereocenters. The maximum absolute atomic E-state index is 13.0. The highest BCUT2D eigenvalue weighted by atomic mass is 32.2. The predicted octanol–water partition coefficient (Wildman–Crippen LogP) is 3.70. The van der Waals surface area contributed by atoms with Crippen molar-refractivity contribution in [2.24, 2.45) is 0 Å². The Labute approximate surface area is 153 Å². The van der Waals surface area contributed by atoms with E-state index in [4.69, 9.17) is 5.73 Å². The van der Waals surface area contributed by atoms with Crippen LogP contribution >= 0.6 is 23.1 Å². The largest absolute Gasteiger partial charge is 0.374 e. The molecule has 1 aromatic carbocycles. The van der Waals surface area contributed by atoms with Gasteiger partial charge >= 0.3 is 0 Å². The van der Waals surface area contributed by atoms with Crippen LogP contribution in [0.25, 0.3) is 0 Å². The molecule has 0 amide bonds. The Hall–Kier alpha value is -2.19. The summed E-state index contributed by atoms with van der Waals surface area (Å²) in [6.45, 7) is 4.49. The number of aryl methyl sites for hydroxylation is 1. The van der Waals surface area contributed by atoms with Crippen molar-refractivity contribution in [1.29, 1.82) is 0 Å². The number of nitrogen functional groups attached to an aromatic ring is 1. The second-order valence-corrected chi connectivity index (χ2v) is 7.85. The van der Waals surface area contributed by atoms with Gasteiger partial charge in [0.15, 0.2) is 10.1 Å². The van der Waals surface area contributed by atoms with Gasteiger partial charge in [-0.05, 0) is 37.6 Å². The van der Waals surface area contributed by atoms with Crippen molar-refractivity contribution in [1.82, 2.24) is 14.8 Å². The third-order valence-corrected chi connectivity index (χ3v) is 5.76. The van der Waals surface area contributed by atoms with Gasteiger partial charge in [-0.2, -0.15) is 0 Å². The minimum Gasteiger partial charge on any atom is -0.374 e. The molecule has 0 aliphatic carbocycles. The molecule has 3 aromatic rings. The first-order valence-corrected chi connectivity index (χ1v) is 9.40. The van der Waals surface area contributed by atoms with Crippen molar-refractivity contribution in [3.8, 4) is 0 Å². The quantitative estimate of drug-likeness (QED) is 0.524. The Balaban J connectivity index is 1.74. The van der Waals surface area contributed by atoms with Crippen molar-refractivity contribution in [2.45, 2.75) is 24.7 Å². The third kappa shape index (κ3) is 4.08. The molecule has 2 aromatic heterocycles. The van der Waals surface area contributed by atoms with E-state index in [0.29, 0.717) is 21.6 Å². The molecule has 0 bridgehead atoms. The summed E-state index contributed by atoms with van der Waals surface area (Å²) in [6.07, 6.45) is 0. The molecule has 0 unspecified atom stereocenters. The zero-order valence-corrected chi connectivity index (χ0v) is 15.5. The minimum atomic E-state index is -0.255. The summed E-state index contributed by atoms with van der Waals surface area (Å²) in [5.41, 5.74) is 9.13. The number of halogens is 1. The standard InChI is InChI=1S/C17H17FN4OS2/c1-10-7-14(15(23)9-24-17-21-20-16(19)25-17)11(2)22(10)8-12-3-5-13(18)6-4-12/h3-7H,8-9H2,1-2H3,(H2,19,20). The summed E-state index contributed by atoms with van der Waals surface area (Å²) in [5, 5.41) is 8.04. The van der Waals surface area contributed by atoms with Gasteiger partial charge in [0.1, 0.15) is 5.82 Å². The number of nitrogens with zero attached hydrogens (tertiary/aromatic N) is 3. The van der Waals surface area contributed by atoms with Gasteiger partial charge in [0.25, 0.3) is 0 Å². The number of thioether (sulfide) groups is 1. The number of anilines is 1. The van der Waals surface area contributed by atoms with E-state index in [1.54, 1.807) is 12.1 Å². The van der Waals surface area contributed by atoms with E-state index in [9.17, 15) is 9.18 Å². The number of aromatic nitrogens is 3. The molecule has 3 rings (SSSR count). The Morgan fingerprint density at radius 2 is 2.00 bits per heavy atom. The fourth-order valence-corrected chi connectivity index (χ4v) is 4.10. The molecule has 130 valence electrons. The van der Waals surface area contributed by atoms with Gasteiger partial charge in [-0.1, -0.05) is 35.2 Å². The molecule has 0 aliphatic rings. The summed E-state index contributed by atoms with van der Waals surface area (Å²) in [7, 11) is 0. The highest BCUT2D eigenvalue weighted by Crippen LogP contribution is 2.25. The summed E-state index contributed by atoms with van der Waals surface area (Å²) >= 11 is 2.61. The summed E-state index contributed by atoms with van der Waals surface area (Å²) < 4.78 is 15.8. The number of Topliss-reactive ketones (excluding diaryl/α,β-unsaturated/α-hetero) is 1. The van der Waals surface area contributed by atoms with Gasteiger partial charge in [0.05, 0.1) is 5.75 Å². The van der Waals surface area contributed by atoms with E-state index in [0.717, 1.165) is 17.0 Å². The molecule has 25 heavy (non-hydrogen) atoms. The average Bonchev–Trinajstić information content (AvgIpc) is 3.12. The smallest absolute Gasteiger partial charge is 0.203 e. The third-order valence-electron chi connectivity index (χ3n) is 3.88. The lowest BCUT2D eigenvalue weighted by molar-refractivity contribution is 0.102. The second kappa shape index (κ2) is 7.37. The van der Waals surface area contributed by atoms with Crippen LogP contribution in [0.4, 0.5) is 9.52 Å². The number of hydrogen-bond donors (Lipinski definition) is 1. The van der Waals surface area contributed by atoms with E-state index in [1.807, 2.05) is 19.9 Å². The van der Waals surface area contributed by atoms with E-state index in [1.165, 1.54) is 35.2 Å². The molecule has 2 heterocycles. The van der Waals surface area contributed by atoms with Gasteiger partial charge in [-0.3, -0.25) is 4.79 Å². The fourth-order valence-electron chi connectivity index (χ4n) is 2.58. The van der Waals surface area contributed by atoms with E-state index >= 15 is 0 Å². The molecule has 2 N–H and O–H groups in total. The zero-order valence-electron chi connectivity index (χ0n) is 13.8. The molecule has 0 aliphatic heterocycles. The SMILES string of the molecule is Cc1cc(C(=O)CSc2nnc(N)s2)c(C)n1Cc1ccc(F)cc1. The molecule has 0 fully saturated rings. The summed E-state index contributed by atoms with van der Waals surface area (Å²) in [4.78, 5) is 12.5. The van der Waals surface area contributed by atoms with Crippen LogP contribution in [0.15, 0.2) is 34.7 Å². The van der Waals surface area contributed by atoms with Crippen LogP contribution in [0.5, 0.6) is 0 Å². The highest BCUT2D eigenvalue weighted by Gasteiger charge is 2.17. The number of rotatable bonds is 6. The van der Waals surface area contributed by atoms with E-state index in [-0.39, 0.29) is 17.4 Å². The van der Waals surface area contributed by atoms with E-state index < -0.39 is 0 Å². The van der Waals surface area contributed by atoms with Crippen molar-refractivity contribution in [3.05, 3.63) is 58.7 Å². The van der Waals surface area contributed by atoms with Gasteiger partial charge in [-0.15, -0.1) is 10.2 Å².